The van der Waals surface area contributed by atoms with Gasteiger partial charge in [-0.1, -0.05) is 0 Å². The van der Waals surface area contributed by atoms with Crippen LogP contribution < -0.4 is 16.4 Å². The van der Waals surface area contributed by atoms with Crippen LogP contribution in [-0.4, -0.2) is 42.7 Å². The van der Waals surface area contributed by atoms with E-state index in [1.165, 1.54) is 0 Å². The molecule has 1 aliphatic heterocycles. The van der Waals surface area contributed by atoms with Crippen LogP contribution in [-0.2, 0) is 4.79 Å². The Balaban J connectivity index is 2.37. The molecule has 0 aromatic rings. The Morgan fingerprint density at radius 1 is 1.77 bits per heavy atom. The minimum absolute atomic E-state index is 0.0600. The van der Waals surface area contributed by atoms with Crippen LogP contribution in [0.15, 0.2) is 4.99 Å². The molecule has 1 heterocycles. The third-order valence-electron chi connectivity index (χ3n) is 2.02. The van der Waals surface area contributed by atoms with Crippen molar-refractivity contribution in [2.24, 2.45) is 10.7 Å². The number of carboxylic acid groups (broad SMARTS) is 1. The van der Waals surface area contributed by atoms with Gasteiger partial charge in [-0.25, -0.2) is 0 Å². The lowest BCUT2D eigenvalue weighted by Gasteiger charge is -2.10. The van der Waals surface area contributed by atoms with E-state index in [9.17, 15) is 4.79 Å². The van der Waals surface area contributed by atoms with Gasteiger partial charge >= 0.3 is 5.97 Å². The second kappa shape index (κ2) is 4.08. The number of hydrogen-bond donors (Lipinski definition) is 4. The summed E-state index contributed by atoms with van der Waals surface area (Å²) in [6, 6.07) is -0.410. The van der Waals surface area contributed by atoms with Crippen LogP contribution in [0.2, 0.25) is 0 Å². The van der Waals surface area contributed by atoms with Crippen LogP contribution in [0.4, 0.5) is 0 Å². The summed E-state index contributed by atoms with van der Waals surface area (Å²) in [5, 5.41) is 14.4. The molecule has 1 rings (SSSR count). The third-order valence-corrected chi connectivity index (χ3v) is 2.02. The Labute approximate surface area is 76.2 Å². The van der Waals surface area contributed by atoms with E-state index in [1.807, 2.05) is 0 Å². The fourth-order valence-corrected chi connectivity index (χ4v) is 1.31. The molecular weight excluding hydrogens is 172 g/mol. The van der Waals surface area contributed by atoms with Gasteiger partial charge in [-0.2, -0.15) is 0 Å². The zero-order valence-corrected chi connectivity index (χ0v) is 7.45. The molecule has 6 nitrogen and oxygen atoms in total. The maximum Gasteiger partial charge on any atom is 0.320 e. The van der Waals surface area contributed by atoms with E-state index in [0.29, 0.717) is 18.9 Å². The zero-order chi connectivity index (χ0) is 9.84. The van der Waals surface area contributed by atoms with Crippen molar-refractivity contribution in [3.8, 4) is 0 Å². The Kier molecular flexibility index (Phi) is 3.07. The molecule has 13 heavy (non-hydrogen) atoms. The summed E-state index contributed by atoms with van der Waals surface area (Å²) in [4.78, 5) is 14.3. The first-order valence-corrected chi connectivity index (χ1v) is 4.08. The molecule has 74 valence electrons. The average Bonchev–Trinajstić information content (AvgIpc) is 2.52. The Bertz CT molecular complexity index is 229. The van der Waals surface area contributed by atoms with Crippen molar-refractivity contribution < 1.29 is 9.90 Å². The molecule has 0 aromatic carbocycles. The quantitative estimate of drug-likeness (QED) is 0.305. The second-order valence-electron chi connectivity index (χ2n) is 2.98. The van der Waals surface area contributed by atoms with Gasteiger partial charge < -0.3 is 21.5 Å². The van der Waals surface area contributed by atoms with Gasteiger partial charge in [0.1, 0.15) is 6.04 Å². The minimum Gasteiger partial charge on any atom is -0.480 e. The van der Waals surface area contributed by atoms with E-state index < -0.39 is 12.0 Å². The van der Waals surface area contributed by atoms with Crippen LogP contribution in [0, 0.1) is 0 Å². The molecule has 0 aliphatic carbocycles. The van der Waals surface area contributed by atoms with Gasteiger partial charge in [0, 0.05) is 19.6 Å². The lowest BCUT2D eigenvalue weighted by Crippen LogP contribution is -2.40. The normalized spacial score (nSPS) is 28.8. The van der Waals surface area contributed by atoms with E-state index in [4.69, 9.17) is 10.8 Å². The molecule has 5 N–H and O–H groups in total. The summed E-state index contributed by atoms with van der Waals surface area (Å²) in [5.41, 5.74) is 5.44. The van der Waals surface area contributed by atoms with Crippen LogP contribution >= 0.6 is 0 Å². The molecular formula is C7H14N4O2. The summed E-state index contributed by atoms with van der Waals surface area (Å²) < 4.78 is 0. The molecule has 0 spiro atoms. The van der Waals surface area contributed by atoms with Crippen molar-refractivity contribution in [2.45, 2.75) is 18.5 Å². The molecule has 0 saturated carbocycles. The van der Waals surface area contributed by atoms with Crippen molar-refractivity contribution in [3.63, 3.8) is 0 Å². The summed E-state index contributed by atoms with van der Waals surface area (Å²) in [5.74, 6) is -0.478. The van der Waals surface area contributed by atoms with Crippen LogP contribution in [0.1, 0.15) is 6.42 Å². The zero-order valence-electron chi connectivity index (χ0n) is 7.45. The number of nitrogens with zero attached hydrogens (tertiary/aromatic N) is 1. The largest absolute Gasteiger partial charge is 0.480 e. The van der Waals surface area contributed by atoms with Gasteiger partial charge in [-0.05, 0) is 6.42 Å². The number of aliphatic carboxylic acids is 1. The molecule has 1 unspecified atom stereocenters. The SMILES string of the molecule is CN=C(N)NC1CN[C@H](C(=O)O)C1. The van der Waals surface area contributed by atoms with E-state index in [1.54, 1.807) is 7.05 Å². The molecule has 0 radical (unpaired) electrons. The van der Waals surface area contributed by atoms with Crippen molar-refractivity contribution >= 4 is 11.9 Å². The van der Waals surface area contributed by atoms with Gasteiger partial charge in [0.15, 0.2) is 5.96 Å². The number of rotatable bonds is 2. The highest BCUT2D eigenvalue weighted by molar-refractivity contribution is 5.78. The van der Waals surface area contributed by atoms with Crippen LogP contribution in [0.25, 0.3) is 0 Å². The number of nitrogens with two attached hydrogens (primary N) is 1. The number of hydrogen-bond acceptors (Lipinski definition) is 3. The fraction of sp³-hybridized carbons (Fsp3) is 0.714. The first-order chi connectivity index (χ1) is 6.13. The standard InChI is InChI=1S/C7H14N4O2/c1-9-7(8)11-4-2-5(6(12)13)10-3-4/h4-5,10H,2-3H2,1H3,(H,12,13)(H3,8,9,11)/t4?,5-/m0/s1. The van der Waals surface area contributed by atoms with Gasteiger partial charge in [0.05, 0.1) is 0 Å². The van der Waals surface area contributed by atoms with Gasteiger partial charge in [0.25, 0.3) is 0 Å². The number of guanidine groups is 1. The fourth-order valence-electron chi connectivity index (χ4n) is 1.31. The number of carbonyl (C=O) groups is 1. The predicted molar refractivity (Wildman–Crippen MR) is 48.5 cm³/mol. The number of aliphatic imine (C=N–C) groups is 1. The summed E-state index contributed by atoms with van der Waals surface area (Å²) in [7, 11) is 1.58. The number of carboxylic acids is 1. The predicted octanol–water partition coefficient (Wildman–Crippen LogP) is -1.66. The van der Waals surface area contributed by atoms with Gasteiger partial charge in [-0.15, -0.1) is 0 Å². The van der Waals surface area contributed by atoms with Crippen molar-refractivity contribution in [1.29, 1.82) is 0 Å². The first-order valence-electron chi connectivity index (χ1n) is 4.08. The molecule has 1 aliphatic rings. The highest BCUT2D eigenvalue weighted by Gasteiger charge is 2.28. The van der Waals surface area contributed by atoms with Crippen molar-refractivity contribution in [3.05, 3.63) is 0 Å². The van der Waals surface area contributed by atoms with Crippen LogP contribution in [0.3, 0.4) is 0 Å². The van der Waals surface area contributed by atoms with E-state index in [2.05, 4.69) is 15.6 Å². The monoisotopic (exact) mass is 186 g/mol. The maximum atomic E-state index is 10.6. The highest BCUT2D eigenvalue weighted by Crippen LogP contribution is 2.05. The van der Waals surface area contributed by atoms with E-state index >= 15 is 0 Å². The van der Waals surface area contributed by atoms with E-state index in [0.717, 1.165) is 0 Å². The Morgan fingerprint density at radius 2 is 2.46 bits per heavy atom. The topological polar surface area (TPSA) is 99.7 Å². The third kappa shape index (κ3) is 2.59. The first kappa shape index (κ1) is 9.79. The van der Waals surface area contributed by atoms with Crippen LogP contribution in [0.5, 0.6) is 0 Å². The Morgan fingerprint density at radius 3 is 2.92 bits per heavy atom. The molecule has 6 heteroatoms. The molecule has 0 aromatic heterocycles. The average molecular weight is 186 g/mol. The maximum absolute atomic E-state index is 10.6. The number of nitrogens with one attached hydrogen (secondary N) is 2. The lowest BCUT2D eigenvalue weighted by molar-refractivity contribution is -0.139. The van der Waals surface area contributed by atoms with Gasteiger partial charge in [0.2, 0.25) is 0 Å². The molecule has 2 atom stereocenters. The molecule has 1 fully saturated rings. The lowest BCUT2D eigenvalue weighted by atomic mass is 10.2. The minimum atomic E-state index is -0.823. The van der Waals surface area contributed by atoms with E-state index in [-0.39, 0.29) is 6.04 Å². The summed E-state index contributed by atoms with van der Waals surface area (Å²) in [6.45, 7) is 0.604. The smallest absolute Gasteiger partial charge is 0.320 e. The summed E-state index contributed by atoms with van der Waals surface area (Å²) >= 11 is 0. The summed E-state index contributed by atoms with van der Waals surface area (Å²) in [6.07, 6.45) is 0.533. The van der Waals surface area contributed by atoms with Crippen molar-refractivity contribution in [2.75, 3.05) is 13.6 Å². The molecule has 0 bridgehead atoms. The van der Waals surface area contributed by atoms with Crippen molar-refractivity contribution in [1.82, 2.24) is 10.6 Å². The molecule has 0 amide bonds. The van der Waals surface area contributed by atoms with Gasteiger partial charge in [-0.3, -0.25) is 9.79 Å². The Hall–Kier alpha value is -1.30. The molecule has 1 saturated heterocycles. The highest BCUT2D eigenvalue weighted by atomic mass is 16.4. The second-order valence-corrected chi connectivity index (χ2v) is 2.98.